The van der Waals surface area contributed by atoms with Crippen molar-refractivity contribution in [3.8, 4) is 0 Å². The number of nitrogens with one attached hydrogen (secondary N) is 1. The van der Waals surface area contributed by atoms with Crippen LogP contribution >= 0.6 is 0 Å². The number of nitrogens with zero attached hydrogens (tertiary/aromatic N) is 5. The topological polar surface area (TPSA) is 111 Å². The minimum absolute atomic E-state index is 0.160. The zero-order valence-electron chi connectivity index (χ0n) is 17.0. The van der Waals surface area contributed by atoms with Gasteiger partial charge in [0.25, 0.3) is 5.91 Å². The van der Waals surface area contributed by atoms with E-state index in [1.807, 2.05) is 36.4 Å². The van der Waals surface area contributed by atoms with Crippen LogP contribution in [0.15, 0.2) is 53.9 Å². The van der Waals surface area contributed by atoms with Gasteiger partial charge in [0, 0.05) is 18.4 Å². The second kappa shape index (κ2) is 8.14. The van der Waals surface area contributed by atoms with Gasteiger partial charge in [-0.3, -0.25) is 9.78 Å². The van der Waals surface area contributed by atoms with E-state index < -0.39 is 0 Å². The van der Waals surface area contributed by atoms with E-state index in [0.717, 1.165) is 31.2 Å². The van der Waals surface area contributed by atoms with Gasteiger partial charge in [0.15, 0.2) is 5.65 Å². The molecule has 3 heterocycles. The fourth-order valence-corrected chi connectivity index (χ4v) is 4.07. The Labute approximate surface area is 179 Å². The zero-order valence-corrected chi connectivity index (χ0v) is 17.0. The molecule has 3 aromatic heterocycles. The van der Waals surface area contributed by atoms with E-state index in [1.165, 1.54) is 11.1 Å². The summed E-state index contributed by atoms with van der Waals surface area (Å²) in [5.74, 6) is 0.000707. The maximum absolute atomic E-state index is 13.2. The highest BCUT2D eigenvalue weighted by Gasteiger charge is 2.26. The lowest BCUT2D eigenvalue weighted by atomic mass is 9.95. The Morgan fingerprint density at radius 2 is 1.77 bits per heavy atom. The molecule has 0 bridgehead atoms. The number of nitrogens with two attached hydrogens (primary N) is 1. The van der Waals surface area contributed by atoms with E-state index >= 15 is 0 Å². The first-order chi connectivity index (χ1) is 15.2. The number of rotatable bonds is 4. The van der Waals surface area contributed by atoms with E-state index in [2.05, 4.69) is 15.4 Å². The number of para-hydroxylation sites is 2. The lowest BCUT2D eigenvalue weighted by Gasteiger charge is -2.22. The number of amides is 1. The monoisotopic (exact) mass is 413 g/mol. The maximum atomic E-state index is 13.2. The van der Waals surface area contributed by atoms with Gasteiger partial charge in [-0.1, -0.05) is 31.4 Å². The third-order valence-corrected chi connectivity index (χ3v) is 5.67. The summed E-state index contributed by atoms with van der Waals surface area (Å²) >= 11 is 0. The number of benzene rings is 1. The van der Waals surface area contributed by atoms with Crippen LogP contribution in [-0.2, 0) is 0 Å². The summed E-state index contributed by atoms with van der Waals surface area (Å²) in [5.41, 5.74) is 9.96. The van der Waals surface area contributed by atoms with E-state index in [9.17, 15) is 4.79 Å². The van der Waals surface area contributed by atoms with Crippen molar-refractivity contribution in [2.75, 3.05) is 5.73 Å². The van der Waals surface area contributed by atoms with Crippen molar-refractivity contribution in [1.29, 1.82) is 0 Å². The molecular weight excluding hydrogens is 390 g/mol. The summed E-state index contributed by atoms with van der Waals surface area (Å²) in [6.45, 7) is 0. The maximum Gasteiger partial charge on any atom is 0.257 e. The minimum atomic E-state index is -0.225. The quantitative estimate of drug-likeness (QED) is 0.497. The third kappa shape index (κ3) is 3.72. The molecule has 4 aromatic rings. The van der Waals surface area contributed by atoms with Crippen LogP contribution < -0.4 is 11.1 Å². The number of hydrogen-bond acceptors (Lipinski definition) is 6. The molecule has 0 saturated heterocycles. The first-order valence-electron chi connectivity index (χ1n) is 10.5. The van der Waals surface area contributed by atoms with Gasteiger partial charge in [-0.2, -0.15) is 9.78 Å². The van der Waals surface area contributed by atoms with Crippen LogP contribution in [0, 0.1) is 0 Å². The van der Waals surface area contributed by atoms with Crippen molar-refractivity contribution in [2.45, 2.75) is 38.1 Å². The van der Waals surface area contributed by atoms with E-state index in [4.69, 9.17) is 15.7 Å². The van der Waals surface area contributed by atoms with E-state index in [-0.39, 0.29) is 17.8 Å². The van der Waals surface area contributed by atoms with Gasteiger partial charge in [0.2, 0.25) is 0 Å². The summed E-state index contributed by atoms with van der Waals surface area (Å²) in [5, 5.41) is 7.66. The molecule has 0 atom stereocenters. The lowest BCUT2D eigenvalue weighted by Crippen LogP contribution is -2.36. The number of nitrogen functional groups attached to an aromatic ring is 1. The van der Waals surface area contributed by atoms with Crippen molar-refractivity contribution in [2.24, 2.45) is 5.10 Å². The summed E-state index contributed by atoms with van der Waals surface area (Å²) < 4.78 is 1.49. The number of carbonyl (C=O) groups excluding carboxylic acids is 1. The number of carbonyl (C=O) groups is 1. The van der Waals surface area contributed by atoms with Gasteiger partial charge < -0.3 is 11.1 Å². The highest BCUT2D eigenvalue weighted by molar-refractivity contribution is 6.10. The van der Waals surface area contributed by atoms with Gasteiger partial charge in [-0.05, 0) is 42.7 Å². The average molecular weight is 413 g/mol. The first-order valence-corrected chi connectivity index (χ1v) is 10.5. The number of hydrogen-bond donors (Lipinski definition) is 2. The molecule has 31 heavy (non-hydrogen) atoms. The lowest BCUT2D eigenvalue weighted by molar-refractivity contribution is 0.0930. The molecule has 1 fully saturated rings. The number of anilines is 1. The first kappa shape index (κ1) is 19.2. The van der Waals surface area contributed by atoms with Crippen LogP contribution in [0.4, 0.5) is 5.82 Å². The second-order valence-electron chi connectivity index (χ2n) is 7.79. The molecule has 1 aromatic carbocycles. The molecule has 0 aliphatic heterocycles. The smallest absolute Gasteiger partial charge is 0.257 e. The Kier molecular flexibility index (Phi) is 5.03. The SMILES string of the molecule is Nc1c(C(=O)NC2CCCCC2)c2nc3ccccc3nc2n1N=Cc1ccncc1. The largest absolute Gasteiger partial charge is 0.383 e. The van der Waals surface area contributed by atoms with Gasteiger partial charge in [0.1, 0.15) is 16.9 Å². The fraction of sp³-hybridized carbons (Fsp3) is 0.261. The Bertz CT molecular complexity index is 1270. The number of fused-ring (bicyclic) bond motifs is 2. The van der Waals surface area contributed by atoms with Gasteiger partial charge in [-0.15, -0.1) is 0 Å². The summed E-state index contributed by atoms with van der Waals surface area (Å²) in [6.07, 6.45) is 10.5. The molecule has 3 N–H and O–H groups in total. The minimum Gasteiger partial charge on any atom is -0.383 e. The Morgan fingerprint density at radius 3 is 2.52 bits per heavy atom. The molecule has 8 nitrogen and oxygen atoms in total. The van der Waals surface area contributed by atoms with Crippen LogP contribution in [-0.4, -0.2) is 37.8 Å². The normalized spacial score (nSPS) is 15.1. The van der Waals surface area contributed by atoms with E-state index in [0.29, 0.717) is 27.8 Å². The van der Waals surface area contributed by atoms with Crippen molar-refractivity contribution in [1.82, 2.24) is 24.9 Å². The van der Waals surface area contributed by atoms with Gasteiger partial charge in [-0.25, -0.2) is 9.97 Å². The second-order valence-corrected chi connectivity index (χ2v) is 7.79. The van der Waals surface area contributed by atoms with Crippen LogP contribution in [0.25, 0.3) is 22.2 Å². The fourth-order valence-electron chi connectivity index (χ4n) is 4.07. The van der Waals surface area contributed by atoms with E-state index in [1.54, 1.807) is 18.6 Å². The highest BCUT2D eigenvalue weighted by atomic mass is 16.1. The molecule has 1 aliphatic rings. The molecule has 0 unspecified atom stereocenters. The predicted octanol–water partition coefficient (Wildman–Crippen LogP) is 3.51. The Morgan fingerprint density at radius 1 is 1.06 bits per heavy atom. The third-order valence-electron chi connectivity index (χ3n) is 5.67. The van der Waals surface area contributed by atoms with Gasteiger partial charge >= 0.3 is 0 Å². The Hall–Kier alpha value is -3.81. The number of aromatic nitrogens is 4. The van der Waals surface area contributed by atoms with Crippen molar-refractivity contribution < 1.29 is 4.79 Å². The molecule has 8 heteroatoms. The van der Waals surface area contributed by atoms with Gasteiger partial charge in [0.05, 0.1) is 17.2 Å². The highest BCUT2D eigenvalue weighted by Crippen LogP contribution is 2.28. The molecular formula is C23H23N7O. The molecule has 0 radical (unpaired) electrons. The summed E-state index contributed by atoms with van der Waals surface area (Å²) in [7, 11) is 0. The number of pyridine rings is 1. The molecule has 1 aliphatic carbocycles. The van der Waals surface area contributed by atoms with Crippen LogP contribution in [0.2, 0.25) is 0 Å². The predicted molar refractivity (Wildman–Crippen MR) is 121 cm³/mol. The zero-order chi connectivity index (χ0) is 21.2. The van der Waals surface area contributed by atoms with Crippen molar-refractivity contribution in [3.05, 3.63) is 59.9 Å². The van der Waals surface area contributed by atoms with Crippen molar-refractivity contribution >= 4 is 40.1 Å². The van der Waals surface area contributed by atoms with Crippen LogP contribution in [0.5, 0.6) is 0 Å². The average Bonchev–Trinajstić information content (AvgIpc) is 3.07. The standard InChI is InChI=1S/C23H23N7O/c24-21-19(23(31)27-16-6-2-1-3-7-16)20-22(29-18-9-5-4-8-17(18)28-20)30(21)26-14-15-10-12-25-13-11-15/h4-5,8-14,16H,1-3,6-7,24H2,(H,27,31). The van der Waals surface area contributed by atoms with Crippen LogP contribution in [0.3, 0.4) is 0 Å². The summed E-state index contributed by atoms with van der Waals surface area (Å²) in [4.78, 5) is 26.7. The Balaban J connectivity index is 1.63. The van der Waals surface area contributed by atoms with Crippen molar-refractivity contribution in [3.63, 3.8) is 0 Å². The molecule has 156 valence electrons. The molecule has 1 amide bonds. The molecule has 1 saturated carbocycles. The molecule has 0 spiro atoms. The summed E-state index contributed by atoms with van der Waals surface area (Å²) in [6, 6.07) is 11.4. The molecule has 5 rings (SSSR count). The van der Waals surface area contributed by atoms with Crippen LogP contribution in [0.1, 0.15) is 48.0 Å².